The minimum atomic E-state index is -0.227. The minimum absolute atomic E-state index is 0.227. The number of likely N-dealkylation sites (N-methyl/N-ethyl adjacent to an activating group) is 1. The molecule has 0 saturated carbocycles. The molecule has 4 nitrogen and oxygen atoms in total. The van der Waals surface area contributed by atoms with E-state index in [0.717, 1.165) is 18.7 Å². The lowest BCUT2D eigenvalue weighted by Crippen LogP contribution is -2.58. The van der Waals surface area contributed by atoms with Gasteiger partial charge in [-0.25, -0.2) is 4.79 Å². The highest BCUT2D eigenvalue weighted by Crippen LogP contribution is 2.10. The topological polar surface area (TPSA) is 41.6 Å². The second-order valence-electron chi connectivity index (χ2n) is 3.93. The molecule has 4 heteroatoms. The molecular weight excluding hydrogens is 204 g/mol. The highest BCUT2D eigenvalue weighted by molar-refractivity contribution is 5.68. The summed E-state index contributed by atoms with van der Waals surface area (Å²) in [6, 6.07) is 10.1. The Morgan fingerprint density at radius 2 is 2.12 bits per heavy atom. The van der Waals surface area contributed by atoms with Crippen molar-refractivity contribution in [1.82, 2.24) is 10.2 Å². The molecule has 86 valence electrons. The van der Waals surface area contributed by atoms with E-state index >= 15 is 0 Å². The lowest BCUT2D eigenvalue weighted by molar-refractivity contribution is 0.0619. The van der Waals surface area contributed by atoms with Crippen molar-refractivity contribution in [2.24, 2.45) is 0 Å². The first-order valence-electron chi connectivity index (χ1n) is 5.42. The summed E-state index contributed by atoms with van der Waals surface area (Å²) < 4.78 is 5.18. The third kappa shape index (κ3) is 2.52. The monoisotopic (exact) mass is 220 g/mol. The van der Waals surface area contributed by atoms with Gasteiger partial charge in [-0.1, -0.05) is 30.3 Å². The molecule has 1 saturated heterocycles. The van der Waals surface area contributed by atoms with E-state index in [1.54, 1.807) is 4.90 Å². The Morgan fingerprint density at radius 1 is 1.44 bits per heavy atom. The average Bonchev–Trinajstić information content (AvgIpc) is 2.26. The van der Waals surface area contributed by atoms with Crippen molar-refractivity contribution in [1.29, 1.82) is 0 Å². The van der Waals surface area contributed by atoms with E-state index in [4.69, 9.17) is 4.74 Å². The molecular formula is C12H16N2O2. The third-order valence-electron chi connectivity index (χ3n) is 2.75. The van der Waals surface area contributed by atoms with Gasteiger partial charge < -0.3 is 15.0 Å². The number of carbonyl (C=O) groups is 1. The standard InChI is InChI=1S/C12H16N2O2/c1-13-11-7-14(8-11)12(15)16-9-10-5-3-2-4-6-10/h2-6,11,13H,7-9H2,1H3. The molecule has 1 heterocycles. The van der Waals surface area contributed by atoms with E-state index in [0.29, 0.717) is 12.6 Å². The molecule has 2 rings (SSSR count). The fourth-order valence-corrected chi connectivity index (χ4v) is 1.62. The molecule has 0 aliphatic carbocycles. The fraction of sp³-hybridized carbons (Fsp3) is 0.417. The van der Waals surface area contributed by atoms with Crippen LogP contribution in [0.3, 0.4) is 0 Å². The second kappa shape index (κ2) is 4.99. The largest absolute Gasteiger partial charge is 0.445 e. The Bertz CT molecular complexity index is 347. The normalized spacial score (nSPS) is 15.7. The number of hydrogen-bond donors (Lipinski definition) is 1. The first-order chi connectivity index (χ1) is 7.79. The minimum Gasteiger partial charge on any atom is -0.445 e. The van der Waals surface area contributed by atoms with Crippen molar-refractivity contribution >= 4 is 6.09 Å². The van der Waals surface area contributed by atoms with Gasteiger partial charge >= 0.3 is 6.09 Å². The van der Waals surface area contributed by atoms with Crippen LogP contribution in [0.1, 0.15) is 5.56 Å². The van der Waals surface area contributed by atoms with Gasteiger partial charge in [0.1, 0.15) is 6.61 Å². The summed E-state index contributed by atoms with van der Waals surface area (Å²) in [4.78, 5) is 13.2. The van der Waals surface area contributed by atoms with Crippen molar-refractivity contribution in [3.8, 4) is 0 Å². The summed E-state index contributed by atoms with van der Waals surface area (Å²) in [5.41, 5.74) is 1.02. The lowest BCUT2D eigenvalue weighted by Gasteiger charge is -2.37. The maximum absolute atomic E-state index is 11.5. The number of amides is 1. The maximum atomic E-state index is 11.5. The molecule has 1 amide bonds. The van der Waals surface area contributed by atoms with Gasteiger partial charge in [0.05, 0.1) is 0 Å². The zero-order valence-electron chi connectivity index (χ0n) is 9.35. The second-order valence-corrected chi connectivity index (χ2v) is 3.93. The van der Waals surface area contributed by atoms with Crippen LogP contribution >= 0.6 is 0 Å². The van der Waals surface area contributed by atoms with Gasteiger partial charge in [0.25, 0.3) is 0 Å². The van der Waals surface area contributed by atoms with Crippen LogP contribution in [0.15, 0.2) is 30.3 Å². The predicted molar refractivity (Wildman–Crippen MR) is 61.0 cm³/mol. The molecule has 0 bridgehead atoms. The number of ether oxygens (including phenoxy) is 1. The Hall–Kier alpha value is -1.55. The Kier molecular flexibility index (Phi) is 3.41. The van der Waals surface area contributed by atoms with E-state index in [1.807, 2.05) is 37.4 Å². The van der Waals surface area contributed by atoms with Gasteiger partial charge in [-0.3, -0.25) is 0 Å². The summed E-state index contributed by atoms with van der Waals surface area (Å²) in [6.07, 6.45) is -0.227. The van der Waals surface area contributed by atoms with Crippen molar-refractivity contribution in [2.75, 3.05) is 20.1 Å². The van der Waals surface area contributed by atoms with Gasteiger partial charge in [0.15, 0.2) is 0 Å². The van der Waals surface area contributed by atoms with Crippen LogP contribution in [0.2, 0.25) is 0 Å². The molecule has 1 aliphatic rings. The zero-order chi connectivity index (χ0) is 11.4. The van der Waals surface area contributed by atoms with Crippen LogP contribution in [-0.2, 0) is 11.3 Å². The Morgan fingerprint density at radius 3 is 2.75 bits per heavy atom. The molecule has 0 aromatic heterocycles. The number of likely N-dealkylation sites (tertiary alicyclic amines) is 1. The van der Waals surface area contributed by atoms with Crippen molar-refractivity contribution < 1.29 is 9.53 Å². The fourth-order valence-electron chi connectivity index (χ4n) is 1.62. The highest BCUT2D eigenvalue weighted by Gasteiger charge is 2.30. The van der Waals surface area contributed by atoms with E-state index in [2.05, 4.69) is 5.32 Å². The molecule has 0 spiro atoms. The number of rotatable bonds is 3. The molecule has 1 aromatic carbocycles. The molecule has 0 atom stereocenters. The van der Waals surface area contributed by atoms with Crippen LogP contribution < -0.4 is 5.32 Å². The zero-order valence-corrected chi connectivity index (χ0v) is 9.35. The van der Waals surface area contributed by atoms with Gasteiger partial charge in [-0.15, -0.1) is 0 Å². The molecule has 0 radical (unpaired) electrons. The predicted octanol–water partition coefficient (Wildman–Crippen LogP) is 1.23. The van der Waals surface area contributed by atoms with Crippen molar-refractivity contribution in [3.05, 3.63) is 35.9 Å². The SMILES string of the molecule is CNC1CN(C(=O)OCc2ccccc2)C1. The molecule has 1 fully saturated rings. The summed E-state index contributed by atoms with van der Waals surface area (Å²) in [5.74, 6) is 0. The van der Waals surface area contributed by atoms with Gasteiger partial charge in [-0.2, -0.15) is 0 Å². The Labute approximate surface area is 95.2 Å². The van der Waals surface area contributed by atoms with E-state index in [-0.39, 0.29) is 6.09 Å². The summed E-state index contributed by atoms with van der Waals surface area (Å²) in [7, 11) is 1.90. The van der Waals surface area contributed by atoms with Crippen LogP contribution in [0.5, 0.6) is 0 Å². The number of nitrogens with one attached hydrogen (secondary N) is 1. The van der Waals surface area contributed by atoms with E-state index < -0.39 is 0 Å². The van der Waals surface area contributed by atoms with Crippen LogP contribution in [0.4, 0.5) is 4.79 Å². The molecule has 16 heavy (non-hydrogen) atoms. The summed E-state index contributed by atoms with van der Waals surface area (Å²) in [6.45, 7) is 1.83. The van der Waals surface area contributed by atoms with Gasteiger partial charge in [0.2, 0.25) is 0 Å². The number of nitrogens with zero attached hydrogens (tertiary/aromatic N) is 1. The van der Waals surface area contributed by atoms with Gasteiger partial charge in [-0.05, 0) is 12.6 Å². The smallest absolute Gasteiger partial charge is 0.410 e. The first kappa shape index (κ1) is 11.0. The average molecular weight is 220 g/mol. The number of benzene rings is 1. The molecule has 1 aliphatic heterocycles. The number of carbonyl (C=O) groups excluding carboxylic acids is 1. The third-order valence-corrected chi connectivity index (χ3v) is 2.75. The van der Waals surface area contributed by atoms with Gasteiger partial charge in [0, 0.05) is 19.1 Å². The van der Waals surface area contributed by atoms with Crippen molar-refractivity contribution in [3.63, 3.8) is 0 Å². The van der Waals surface area contributed by atoms with Crippen molar-refractivity contribution in [2.45, 2.75) is 12.6 Å². The van der Waals surface area contributed by atoms with Crippen LogP contribution in [0.25, 0.3) is 0 Å². The van der Waals surface area contributed by atoms with Crippen LogP contribution in [0, 0.1) is 0 Å². The van der Waals surface area contributed by atoms with E-state index in [9.17, 15) is 4.79 Å². The molecule has 1 N–H and O–H groups in total. The first-order valence-corrected chi connectivity index (χ1v) is 5.42. The molecule has 1 aromatic rings. The Balaban J connectivity index is 1.73. The molecule has 0 unspecified atom stereocenters. The van der Waals surface area contributed by atoms with E-state index in [1.165, 1.54) is 0 Å². The lowest BCUT2D eigenvalue weighted by atomic mass is 10.1. The van der Waals surface area contributed by atoms with Crippen LogP contribution in [-0.4, -0.2) is 37.2 Å². The highest BCUT2D eigenvalue weighted by atomic mass is 16.6. The summed E-state index contributed by atoms with van der Waals surface area (Å²) >= 11 is 0. The number of hydrogen-bond acceptors (Lipinski definition) is 3. The maximum Gasteiger partial charge on any atom is 0.410 e. The quantitative estimate of drug-likeness (QED) is 0.833. The summed E-state index contributed by atoms with van der Waals surface area (Å²) in [5, 5.41) is 3.11.